The molecule has 0 bridgehead atoms. The van der Waals surface area contributed by atoms with E-state index in [1.165, 1.54) is 19.2 Å². The van der Waals surface area contributed by atoms with Gasteiger partial charge in [0.2, 0.25) is 0 Å². The Morgan fingerprint density at radius 2 is 2.11 bits per heavy atom. The second-order valence-corrected chi connectivity index (χ2v) is 3.48. The molecule has 1 aromatic rings. The van der Waals surface area contributed by atoms with Crippen LogP contribution in [0.4, 0.5) is 4.39 Å². The Kier molecular flexibility index (Phi) is 6.20. The van der Waals surface area contributed by atoms with Crippen LogP contribution in [0.5, 0.6) is 5.75 Å². The average Bonchev–Trinajstić information content (AvgIpc) is 2.35. The van der Waals surface area contributed by atoms with Crippen LogP contribution in [0.2, 0.25) is 0 Å². The summed E-state index contributed by atoms with van der Waals surface area (Å²) in [6.07, 6.45) is -0.293. The standard InChI is InChI=1S/C14H17FO3/c1-4-17-11(2)18-9-5-6-12-10-13(15)7-8-14(12)16-3/h7-8,10-11H,4,9H2,1-3H3. The summed E-state index contributed by atoms with van der Waals surface area (Å²) >= 11 is 0. The maximum Gasteiger partial charge on any atom is 0.156 e. The zero-order chi connectivity index (χ0) is 13.4. The second kappa shape index (κ2) is 7.70. The molecule has 0 aromatic heterocycles. The SMILES string of the molecule is CCOC(C)OCC#Cc1cc(F)ccc1OC. The molecule has 0 aliphatic heterocycles. The minimum atomic E-state index is -0.344. The third kappa shape index (κ3) is 4.74. The summed E-state index contributed by atoms with van der Waals surface area (Å²) in [5, 5.41) is 0. The summed E-state index contributed by atoms with van der Waals surface area (Å²) in [7, 11) is 1.52. The highest BCUT2D eigenvalue weighted by Gasteiger charge is 2.01. The number of hydrogen-bond acceptors (Lipinski definition) is 3. The molecule has 0 saturated heterocycles. The van der Waals surface area contributed by atoms with Crippen LogP contribution in [0, 0.1) is 17.7 Å². The minimum Gasteiger partial charge on any atom is -0.495 e. The van der Waals surface area contributed by atoms with Crippen LogP contribution in [0.1, 0.15) is 19.4 Å². The van der Waals surface area contributed by atoms with Crippen LogP contribution in [0.25, 0.3) is 0 Å². The van der Waals surface area contributed by atoms with Crippen molar-refractivity contribution < 1.29 is 18.6 Å². The van der Waals surface area contributed by atoms with E-state index in [4.69, 9.17) is 14.2 Å². The molecule has 4 heteroatoms. The number of ether oxygens (including phenoxy) is 3. The Morgan fingerprint density at radius 1 is 1.33 bits per heavy atom. The Labute approximate surface area is 107 Å². The van der Waals surface area contributed by atoms with Crippen LogP contribution in [-0.2, 0) is 9.47 Å². The van der Waals surface area contributed by atoms with E-state index in [0.29, 0.717) is 17.9 Å². The number of rotatable bonds is 5. The minimum absolute atomic E-state index is 0.223. The quantitative estimate of drug-likeness (QED) is 0.595. The fraction of sp³-hybridized carbons (Fsp3) is 0.429. The van der Waals surface area contributed by atoms with E-state index in [9.17, 15) is 4.39 Å². The zero-order valence-corrected chi connectivity index (χ0v) is 10.8. The largest absolute Gasteiger partial charge is 0.495 e. The van der Waals surface area contributed by atoms with E-state index in [-0.39, 0.29) is 18.7 Å². The summed E-state index contributed by atoms with van der Waals surface area (Å²) in [5.74, 6) is 5.80. The summed E-state index contributed by atoms with van der Waals surface area (Å²) in [6.45, 7) is 4.50. The van der Waals surface area contributed by atoms with Crippen molar-refractivity contribution in [3.63, 3.8) is 0 Å². The molecule has 0 saturated carbocycles. The van der Waals surface area contributed by atoms with Crippen molar-refractivity contribution in [1.29, 1.82) is 0 Å². The predicted molar refractivity (Wildman–Crippen MR) is 66.9 cm³/mol. The highest BCUT2D eigenvalue weighted by Crippen LogP contribution is 2.17. The molecule has 0 fully saturated rings. The molecular weight excluding hydrogens is 235 g/mol. The third-order valence-electron chi connectivity index (χ3n) is 2.18. The first-order chi connectivity index (χ1) is 8.67. The normalized spacial score (nSPS) is 11.6. The molecule has 1 atom stereocenters. The topological polar surface area (TPSA) is 27.7 Å². The van der Waals surface area contributed by atoms with Crippen molar-refractivity contribution in [2.45, 2.75) is 20.1 Å². The summed E-state index contributed by atoms with van der Waals surface area (Å²) in [6, 6.07) is 4.21. The Morgan fingerprint density at radius 3 is 2.78 bits per heavy atom. The highest BCUT2D eigenvalue weighted by molar-refractivity contribution is 5.46. The maximum atomic E-state index is 13.0. The molecule has 0 aliphatic rings. The van der Waals surface area contributed by atoms with E-state index in [1.54, 1.807) is 13.0 Å². The molecule has 18 heavy (non-hydrogen) atoms. The molecule has 1 aromatic carbocycles. The van der Waals surface area contributed by atoms with Crippen LogP contribution in [-0.4, -0.2) is 26.6 Å². The van der Waals surface area contributed by atoms with Crippen LogP contribution in [0.15, 0.2) is 18.2 Å². The third-order valence-corrected chi connectivity index (χ3v) is 2.18. The van der Waals surface area contributed by atoms with Crippen LogP contribution in [0.3, 0.4) is 0 Å². The van der Waals surface area contributed by atoms with Crippen molar-refractivity contribution in [3.05, 3.63) is 29.6 Å². The van der Waals surface area contributed by atoms with Gasteiger partial charge in [0.1, 0.15) is 18.2 Å². The zero-order valence-electron chi connectivity index (χ0n) is 10.8. The monoisotopic (exact) mass is 252 g/mol. The Balaban J connectivity index is 2.59. The van der Waals surface area contributed by atoms with E-state index in [0.717, 1.165) is 0 Å². The number of methoxy groups -OCH3 is 1. The van der Waals surface area contributed by atoms with Gasteiger partial charge >= 0.3 is 0 Å². The smallest absolute Gasteiger partial charge is 0.156 e. The van der Waals surface area contributed by atoms with Gasteiger partial charge in [-0.2, -0.15) is 0 Å². The van der Waals surface area contributed by atoms with Gasteiger partial charge in [-0.05, 0) is 32.0 Å². The van der Waals surface area contributed by atoms with Gasteiger partial charge in [0.25, 0.3) is 0 Å². The van der Waals surface area contributed by atoms with E-state index in [1.807, 2.05) is 6.92 Å². The van der Waals surface area contributed by atoms with Gasteiger partial charge in [-0.15, -0.1) is 0 Å². The molecule has 0 heterocycles. The Bertz CT molecular complexity index is 434. The molecule has 1 rings (SSSR count). The van der Waals surface area contributed by atoms with Crippen molar-refractivity contribution in [2.24, 2.45) is 0 Å². The second-order valence-electron chi connectivity index (χ2n) is 3.48. The lowest BCUT2D eigenvalue weighted by Gasteiger charge is -2.09. The van der Waals surface area contributed by atoms with Crippen molar-refractivity contribution in [2.75, 3.05) is 20.3 Å². The van der Waals surface area contributed by atoms with Crippen molar-refractivity contribution >= 4 is 0 Å². The first kappa shape index (κ1) is 14.5. The lowest BCUT2D eigenvalue weighted by Crippen LogP contribution is -2.12. The maximum absolute atomic E-state index is 13.0. The lowest BCUT2D eigenvalue weighted by atomic mass is 10.2. The molecule has 0 N–H and O–H groups in total. The number of hydrogen-bond donors (Lipinski definition) is 0. The van der Waals surface area contributed by atoms with Gasteiger partial charge in [-0.3, -0.25) is 0 Å². The molecular formula is C14H17FO3. The van der Waals surface area contributed by atoms with Gasteiger partial charge in [-0.25, -0.2) is 4.39 Å². The van der Waals surface area contributed by atoms with E-state index >= 15 is 0 Å². The average molecular weight is 252 g/mol. The van der Waals surface area contributed by atoms with Gasteiger partial charge < -0.3 is 14.2 Å². The lowest BCUT2D eigenvalue weighted by molar-refractivity contribution is -0.117. The summed E-state index contributed by atoms with van der Waals surface area (Å²) in [4.78, 5) is 0. The number of halogens is 1. The van der Waals surface area contributed by atoms with Crippen molar-refractivity contribution in [1.82, 2.24) is 0 Å². The van der Waals surface area contributed by atoms with Crippen molar-refractivity contribution in [3.8, 4) is 17.6 Å². The fourth-order valence-electron chi connectivity index (χ4n) is 1.35. The Hall–Kier alpha value is -1.57. The molecule has 1 unspecified atom stereocenters. The first-order valence-corrected chi connectivity index (χ1v) is 5.73. The van der Waals surface area contributed by atoms with Gasteiger partial charge in [0.05, 0.1) is 12.7 Å². The molecule has 3 nitrogen and oxygen atoms in total. The molecule has 0 radical (unpaired) electrons. The molecule has 0 aliphatic carbocycles. The van der Waals surface area contributed by atoms with Gasteiger partial charge in [-0.1, -0.05) is 11.8 Å². The van der Waals surface area contributed by atoms with Gasteiger partial charge in [0.15, 0.2) is 6.29 Å². The van der Waals surface area contributed by atoms with E-state index in [2.05, 4.69) is 11.8 Å². The van der Waals surface area contributed by atoms with Crippen LogP contribution < -0.4 is 4.74 Å². The number of benzene rings is 1. The first-order valence-electron chi connectivity index (χ1n) is 5.73. The highest BCUT2D eigenvalue weighted by atomic mass is 19.1. The predicted octanol–water partition coefficient (Wildman–Crippen LogP) is 2.58. The van der Waals surface area contributed by atoms with Gasteiger partial charge in [0, 0.05) is 6.61 Å². The summed E-state index contributed by atoms with van der Waals surface area (Å²) in [5.41, 5.74) is 0.505. The molecule has 0 amide bonds. The summed E-state index contributed by atoms with van der Waals surface area (Å²) < 4.78 is 28.6. The molecule has 0 spiro atoms. The molecule has 98 valence electrons. The van der Waals surface area contributed by atoms with Crippen LogP contribution >= 0.6 is 0 Å². The van der Waals surface area contributed by atoms with E-state index < -0.39 is 0 Å². The fourth-order valence-corrected chi connectivity index (χ4v) is 1.35.